The number of hydrogen-bond acceptors (Lipinski definition) is 7. The number of aromatic nitrogens is 3. The maximum atomic E-state index is 14.4. The summed E-state index contributed by atoms with van der Waals surface area (Å²) in [6.45, 7) is 5.59. The highest BCUT2D eigenvalue weighted by molar-refractivity contribution is 7.13. The Labute approximate surface area is 265 Å². The van der Waals surface area contributed by atoms with E-state index in [9.17, 15) is 9.59 Å². The topological polar surface area (TPSA) is 83.4 Å². The van der Waals surface area contributed by atoms with Crippen molar-refractivity contribution in [3.05, 3.63) is 131 Å². The maximum Gasteiger partial charge on any atom is 0.263 e. The monoisotopic (exact) mass is 614 g/mol. The van der Waals surface area contributed by atoms with Gasteiger partial charge in [0.05, 0.1) is 33.6 Å². The van der Waals surface area contributed by atoms with Gasteiger partial charge in [0, 0.05) is 55.4 Å². The molecule has 0 bridgehead atoms. The van der Waals surface area contributed by atoms with Crippen LogP contribution in [-0.4, -0.2) is 50.9 Å². The molecule has 6 aromatic rings. The first-order valence-electron chi connectivity index (χ1n) is 15.4. The van der Waals surface area contributed by atoms with Crippen LogP contribution in [-0.2, 0) is 6.54 Å². The summed E-state index contributed by atoms with van der Waals surface area (Å²) in [5, 5.41) is 5.59. The number of fused-ring (bicyclic) bond motifs is 2. The third kappa shape index (κ3) is 5.61. The molecule has 7 rings (SSSR count). The van der Waals surface area contributed by atoms with Crippen molar-refractivity contribution in [3.63, 3.8) is 0 Å². The quantitative estimate of drug-likeness (QED) is 0.220. The van der Waals surface area contributed by atoms with E-state index in [-0.39, 0.29) is 17.5 Å². The van der Waals surface area contributed by atoms with Gasteiger partial charge >= 0.3 is 0 Å². The van der Waals surface area contributed by atoms with Gasteiger partial charge in [-0.1, -0.05) is 73.7 Å². The second-order valence-electron chi connectivity index (χ2n) is 11.3. The molecule has 0 radical (unpaired) electrons. The minimum absolute atomic E-state index is 0.127. The van der Waals surface area contributed by atoms with E-state index in [1.807, 2.05) is 103 Å². The molecular weight excluding hydrogens is 581 g/mol. The molecule has 0 spiro atoms. The number of nitrogens with zero attached hydrogens (tertiary/aromatic N) is 5. The van der Waals surface area contributed by atoms with Crippen molar-refractivity contribution >= 4 is 44.1 Å². The van der Waals surface area contributed by atoms with Gasteiger partial charge in [0.25, 0.3) is 11.5 Å². The van der Waals surface area contributed by atoms with Crippen molar-refractivity contribution in [2.24, 2.45) is 0 Å². The zero-order valence-corrected chi connectivity index (χ0v) is 25.9. The first kappa shape index (κ1) is 28.9. The zero-order valence-electron chi connectivity index (χ0n) is 25.1. The number of carbonyl (C=O) groups is 1. The molecule has 1 fully saturated rings. The molecule has 0 saturated carbocycles. The number of rotatable bonds is 8. The van der Waals surface area contributed by atoms with Crippen molar-refractivity contribution in [2.75, 3.05) is 31.1 Å². The molecule has 45 heavy (non-hydrogen) atoms. The van der Waals surface area contributed by atoms with Crippen molar-refractivity contribution in [1.82, 2.24) is 24.1 Å². The second-order valence-corrected chi connectivity index (χ2v) is 12.2. The second kappa shape index (κ2) is 12.6. The third-order valence-corrected chi connectivity index (χ3v) is 9.42. The fourth-order valence-electron chi connectivity index (χ4n) is 6.35. The molecule has 226 valence electrons. The number of nitrogens with one attached hydrogen (secondary N) is 1. The van der Waals surface area contributed by atoms with Crippen LogP contribution in [0.1, 0.15) is 41.0 Å². The number of piperazine rings is 1. The molecule has 1 atom stereocenters. The number of hydrogen-bond donors (Lipinski definition) is 1. The number of pyridine rings is 2. The molecule has 1 saturated heterocycles. The van der Waals surface area contributed by atoms with E-state index < -0.39 is 0 Å². The Bertz CT molecular complexity index is 2020. The Morgan fingerprint density at radius 2 is 1.56 bits per heavy atom. The van der Waals surface area contributed by atoms with E-state index in [4.69, 9.17) is 0 Å². The smallest absolute Gasteiger partial charge is 0.263 e. The van der Waals surface area contributed by atoms with Gasteiger partial charge in [-0.05, 0) is 47.8 Å². The zero-order chi connectivity index (χ0) is 30.8. The van der Waals surface area contributed by atoms with E-state index in [1.54, 1.807) is 4.57 Å². The van der Waals surface area contributed by atoms with E-state index >= 15 is 0 Å². The Kier molecular flexibility index (Phi) is 8.11. The minimum Gasteiger partial charge on any atom is -0.353 e. The van der Waals surface area contributed by atoms with Gasteiger partial charge in [0.15, 0.2) is 0 Å². The number of benzene rings is 3. The predicted octanol–water partition coefficient (Wildman–Crippen LogP) is 6.20. The van der Waals surface area contributed by atoms with E-state index in [2.05, 4.69) is 31.4 Å². The third-order valence-electron chi connectivity index (χ3n) is 8.65. The maximum absolute atomic E-state index is 14.4. The van der Waals surface area contributed by atoms with Crippen LogP contribution in [0.4, 0.5) is 5.82 Å². The lowest BCUT2D eigenvalue weighted by Gasteiger charge is -2.36. The van der Waals surface area contributed by atoms with Gasteiger partial charge in [0.2, 0.25) is 0 Å². The molecule has 3 aromatic heterocycles. The molecular formula is C36H34N6O2S. The van der Waals surface area contributed by atoms with E-state index in [0.717, 1.165) is 59.8 Å². The number of para-hydroxylation sites is 1. The highest BCUT2D eigenvalue weighted by Gasteiger charge is 2.28. The molecule has 0 aliphatic carbocycles. The van der Waals surface area contributed by atoms with Gasteiger partial charge in [0.1, 0.15) is 5.82 Å². The average molecular weight is 615 g/mol. The first-order valence-corrected chi connectivity index (χ1v) is 16.1. The molecule has 8 nitrogen and oxygen atoms in total. The van der Waals surface area contributed by atoms with Crippen LogP contribution in [0.2, 0.25) is 0 Å². The van der Waals surface area contributed by atoms with Crippen LogP contribution >= 0.6 is 11.5 Å². The van der Waals surface area contributed by atoms with Crippen molar-refractivity contribution in [1.29, 1.82) is 0 Å². The van der Waals surface area contributed by atoms with Crippen LogP contribution in [0.5, 0.6) is 0 Å². The molecule has 1 aliphatic rings. The summed E-state index contributed by atoms with van der Waals surface area (Å²) in [4.78, 5) is 37.9. The normalized spacial score (nSPS) is 14.6. The number of anilines is 1. The largest absolute Gasteiger partial charge is 0.353 e. The summed E-state index contributed by atoms with van der Waals surface area (Å²) in [7, 11) is 0. The van der Waals surface area contributed by atoms with Crippen molar-refractivity contribution in [2.45, 2.75) is 25.9 Å². The summed E-state index contributed by atoms with van der Waals surface area (Å²) in [5.74, 6) is 0.778. The summed E-state index contributed by atoms with van der Waals surface area (Å²) in [5.41, 5.74) is 2.91. The standard InChI is InChI=1S/C36H34N6O2S/c1-2-30(25-11-5-3-6-12-25)39-35(43)33-27-15-9-10-16-28(27)36(44)42(26-13-7-4-8-14-26)31(33)24-40-19-21-41(22-20-40)34-29-23-38-45-32(29)17-18-37-34/h3-18,23,30H,2,19-22,24H2,1H3,(H,39,43)/t30-/m0/s1. The molecule has 4 heterocycles. The summed E-state index contributed by atoms with van der Waals surface area (Å²) < 4.78 is 7.23. The van der Waals surface area contributed by atoms with Crippen LogP contribution in [0, 0.1) is 0 Å². The Morgan fingerprint density at radius 3 is 2.29 bits per heavy atom. The van der Waals surface area contributed by atoms with E-state index in [1.165, 1.54) is 11.5 Å². The number of carbonyl (C=O) groups excluding carboxylic acids is 1. The van der Waals surface area contributed by atoms with Gasteiger partial charge in [-0.3, -0.25) is 19.1 Å². The highest BCUT2D eigenvalue weighted by atomic mass is 32.1. The lowest BCUT2D eigenvalue weighted by atomic mass is 9.99. The van der Waals surface area contributed by atoms with Gasteiger partial charge < -0.3 is 10.2 Å². The lowest BCUT2D eigenvalue weighted by molar-refractivity contribution is 0.0934. The van der Waals surface area contributed by atoms with Gasteiger partial charge in [-0.25, -0.2) is 4.98 Å². The summed E-state index contributed by atoms with van der Waals surface area (Å²) >= 11 is 1.48. The Morgan fingerprint density at radius 1 is 0.867 bits per heavy atom. The Hall–Kier alpha value is -4.86. The SMILES string of the molecule is CC[C@H](NC(=O)c1c(CN2CCN(c3nccc4sncc34)CC2)n(-c2ccccc2)c(=O)c2ccccc12)c1ccccc1. The van der Waals surface area contributed by atoms with Crippen LogP contribution in [0.15, 0.2) is 108 Å². The number of amides is 1. The molecule has 1 N–H and O–H groups in total. The van der Waals surface area contributed by atoms with Gasteiger partial charge in [-0.2, -0.15) is 4.37 Å². The summed E-state index contributed by atoms with van der Waals surface area (Å²) in [6, 6.07) is 29.0. The minimum atomic E-state index is -0.180. The van der Waals surface area contributed by atoms with Crippen molar-refractivity contribution < 1.29 is 4.79 Å². The first-order chi connectivity index (χ1) is 22.1. The predicted molar refractivity (Wildman–Crippen MR) is 181 cm³/mol. The lowest BCUT2D eigenvalue weighted by Crippen LogP contribution is -2.47. The van der Waals surface area contributed by atoms with Crippen LogP contribution in [0.3, 0.4) is 0 Å². The molecule has 3 aromatic carbocycles. The van der Waals surface area contributed by atoms with Crippen LogP contribution < -0.4 is 15.8 Å². The molecule has 0 unspecified atom stereocenters. The highest BCUT2D eigenvalue weighted by Crippen LogP contribution is 2.29. The van der Waals surface area contributed by atoms with E-state index in [0.29, 0.717) is 28.6 Å². The fourth-order valence-corrected chi connectivity index (χ4v) is 6.99. The average Bonchev–Trinajstić information content (AvgIpc) is 3.58. The Balaban J connectivity index is 1.28. The molecule has 1 amide bonds. The van der Waals surface area contributed by atoms with Crippen LogP contribution in [0.25, 0.3) is 26.5 Å². The molecule has 9 heteroatoms. The molecule has 1 aliphatic heterocycles. The summed E-state index contributed by atoms with van der Waals surface area (Å²) in [6.07, 6.45) is 4.48. The fraction of sp³-hybridized carbons (Fsp3) is 0.222. The van der Waals surface area contributed by atoms with Gasteiger partial charge in [-0.15, -0.1) is 0 Å². The van der Waals surface area contributed by atoms with Crippen molar-refractivity contribution in [3.8, 4) is 5.69 Å².